The van der Waals surface area contributed by atoms with Crippen LogP contribution >= 0.6 is 0 Å². The van der Waals surface area contributed by atoms with Crippen molar-refractivity contribution >= 4 is 69.6 Å². The number of aromatic nitrogens is 6. The van der Waals surface area contributed by atoms with E-state index in [1.807, 2.05) is 83.1 Å². The molecular formula is C60H72N12O12. The first-order valence-corrected chi connectivity index (χ1v) is 27.8. The zero-order valence-corrected chi connectivity index (χ0v) is 49.2. The molecule has 12 bridgehead atoms. The monoisotopic (exact) mass is 1150 g/mol. The largest absolute Gasteiger partial charge is 0.351 e. The summed E-state index contributed by atoms with van der Waals surface area (Å²) in [6.45, 7) is 23.6. The van der Waals surface area contributed by atoms with Crippen molar-refractivity contribution < 1.29 is 28.8 Å². The number of carbonyl (C=O) groups is 6. The van der Waals surface area contributed by atoms with Gasteiger partial charge in [-0.1, -0.05) is 83.1 Å². The van der Waals surface area contributed by atoms with E-state index in [0.717, 1.165) is 0 Å². The molecule has 7 rings (SSSR count). The average Bonchev–Trinajstić information content (AvgIpc) is 2.24. The number of carbonyl (C=O) groups excluding carboxylic acids is 6. The van der Waals surface area contributed by atoms with Crippen LogP contribution in [0, 0.1) is 35.5 Å². The summed E-state index contributed by atoms with van der Waals surface area (Å²) in [5.74, 6) is -7.18. The number of hydrogen-bond acceptors (Lipinski definition) is 12. The molecule has 444 valence electrons. The number of fused-ring (bicyclic) bond motifs is 12. The molecule has 7 heterocycles. The van der Waals surface area contributed by atoms with Crippen molar-refractivity contribution in [3.63, 3.8) is 0 Å². The molecule has 0 saturated heterocycles. The van der Waals surface area contributed by atoms with Crippen LogP contribution in [-0.4, -0.2) is 62.8 Å². The van der Waals surface area contributed by atoms with Crippen molar-refractivity contribution in [2.24, 2.45) is 35.5 Å². The van der Waals surface area contributed by atoms with Crippen LogP contribution in [0.3, 0.4) is 0 Å². The zero-order valence-electron chi connectivity index (χ0n) is 49.2. The van der Waals surface area contributed by atoms with Crippen LogP contribution in [0.4, 0.5) is 34.1 Å². The molecule has 0 aliphatic carbocycles. The maximum absolute atomic E-state index is 14.4. The van der Waals surface area contributed by atoms with Gasteiger partial charge in [0.05, 0.1) is 0 Å². The highest BCUT2D eigenvalue weighted by molar-refractivity contribution is 6.11. The normalized spacial score (nSPS) is 13.5. The van der Waals surface area contributed by atoms with Crippen LogP contribution in [0.15, 0.2) is 103 Å². The van der Waals surface area contributed by atoms with Gasteiger partial charge in [0.15, 0.2) is 0 Å². The molecule has 6 aromatic rings. The van der Waals surface area contributed by atoms with E-state index in [2.05, 4.69) is 31.9 Å². The van der Waals surface area contributed by atoms with Crippen LogP contribution < -0.4 is 64.5 Å². The summed E-state index contributed by atoms with van der Waals surface area (Å²) in [7, 11) is 0. The van der Waals surface area contributed by atoms with Crippen molar-refractivity contribution in [1.29, 1.82) is 0 Å². The summed E-state index contributed by atoms with van der Waals surface area (Å²) in [5.41, 5.74) is -12.1. The molecule has 24 nitrogen and oxygen atoms in total. The minimum Gasteiger partial charge on any atom is -0.351 e. The fourth-order valence-electron chi connectivity index (χ4n) is 9.59. The molecule has 84 heavy (non-hydrogen) atoms. The Labute approximate surface area is 482 Å². The highest BCUT2D eigenvalue weighted by Crippen LogP contribution is 2.18. The number of pyridine rings is 6. The number of nitrogens with zero attached hydrogens (tertiary/aromatic N) is 6. The standard InChI is InChI=1S/C60H72N12O12/c1-31(2)13-67-19-37-49(73)43(25-67)61-56(80)38-20-68(14-32(3)4)27-45(50(38)74)63-58(82)40-22-70(16-34(7)8)29-47(52(40)76)65-60(84)42-24-72(18-36(11)12)30-48(54(42)78)66-59(83)41-23-71(17-35(9)10)28-46(53(41)77)64-57(81)39-21-69(15-33(5)6)26-44(51(39)75)62-55(37)79/h19-36H,13-18H2,1-12H3,(H,61,80)(H,62,79)(H,63,82)(H,64,81)(H,65,84)(H,66,83). The van der Waals surface area contributed by atoms with Crippen LogP contribution in [0.5, 0.6) is 0 Å². The molecule has 24 heteroatoms. The van der Waals surface area contributed by atoms with Gasteiger partial charge in [-0.25, -0.2) is 0 Å². The van der Waals surface area contributed by atoms with E-state index in [0.29, 0.717) is 0 Å². The third-order valence-corrected chi connectivity index (χ3v) is 12.9. The van der Waals surface area contributed by atoms with E-state index in [-0.39, 0.29) is 74.8 Å². The second-order valence-corrected chi connectivity index (χ2v) is 23.8. The second-order valence-electron chi connectivity index (χ2n) is 23.8. The first kappa shape index (κ1) is 62.1. The predicted molar refractivity (Wildman–Crippen MR) is 321 cm³/mol. The maximum atomic E-state index is 14.4. The third kappa shape index (κ3) is 14.8. The number of nitrogens with one attached hydrogen (secondary N) is 6. The highest BCUT2D eigenvalue weighted by Gasteiger charge is 2.28. The Hall–Kier alpha value is -9.48. The number of hydrogen-bond donors (Lipinski definition) is 6. The summed E-state index contributed by atoms with van der Waals surface area (Å²) >= 11 is 0. The number of rotatable bonds is 12. The van der Waals surface area contributed by atoms with Crippen molar-refractivity contribution in [3.05, 3.63) is 169 Å². The Bertz CT molecular complexity index is 3340. The molecular weight excluding hydrogens is 1080 g/mol. The van der Waals surface area contributed by atoms with Crippen LogP contribution in [0.1, 0.15) is 145 Å². The summed E-state index contributed by atoms with van der Waals surface area (Å²) in [6, 6.07) is 0. The van der Waals surface area contributed by atoms with Gasteiger partial charge in [-0.3, -0.25) is 57.5 Å². The van der Waals surface area contributed by atoms with Crippen molar-refractivity contribution in [2.45, 2.75) is 122 Å². The third-order valence-electron chi connectivity index (χ3n) is 12.9. The van der Waals surface area contributed by atoms with Crippen molar-refractivity contribution in [2.75, 3.05) is 31.9 Å². The Morgan fingerprint density at radius 1 is 0.226 bits per heavy atom. The molecule has 1 aliphatic heterocycles. The van der Waals surface area contributed by atoms with Crippen LogP contribution in [-0.2, 0) is 39.3 Å². The van der Waals surface area contributed by atoms with Gasteiger partial charge in [0.1, 0.15) is 67.5 Å². The fourth-order valence-corrected chi connectivity index (χ4v) is 9.59. The van der Waals surface area contributed by atoms with E-state index >= 15 is 0 Å². The molecule has 6 amide bonds. The fraction of sp³-hybridized carbons (Fsp3) is 0.400. The summed E-state index contributed by atoms with van der Waals surface area (Å²) < 4.78 is 8.81. The molecule has 1 aliphatic rings. The van der Waals surface area contributed by atoms with E-state index in [1.165, 1.54) is 102 Å². The van der Waals surface area contributed by atoms with Gasteiger partial charge in [0.25, 0.3) is 35.4 Å². The molecule has 0 atom stereocenters. The van der Waals surface area contributed by atoms with Crippen molar-refractivity contribution in [1.82, 2.24) is 27.4 Å². The van der Waals surface area contributed by atoms with E-state index in [9.17, 15) is 57.5 Å². The lowest BCUT2D eigenvalue weighted by atomic mass is 10.1. The Morgan fingerprint density at radius 3 is 0.452 bits per heavy atom. The molecule has 6 N–H and O–H groups in total. The summed E-state index contributed by atoms with van der Waals surface area (Å²) in [6.07, 6.45) is 15.0. The number of anilines is 6. The Balaban J connectivity index is 1.47. The smallest absolute Gasteiger partial charge is 0.261 e. The van der Waals surface area contributed by atoms with Gasteiger partial charge < -0.3 is 59.3 Å². The first-order valence-electron chi connectivity index (χ1n) is 27.8. The van der Waals surface area contributed by atoms with Crippen LogP contribution in [0.25, 0.3) is 0 Å². The first-order chi connectivity index (χ1) is 39.5. The van der Waals surface area contributed by atoms with Gasteiger partial charge in [0.2, 0.25) is 32.6 Å². The zero-order chi connectivity index (χ0) is 61.8. The van der Waals surface area contributed by atoms with Gasteiger partial charge in [-0.2, -0.15) is 0 Å². The van der Waals surface area contributed by atoms with E-state index in [4.69, 9.17) is 0 Å². The lowest BCUT2D eigenvalue weighted by Gasteiger charge is -2.18. The lowest BCUT2D eigenvalue weighted by Crippen LogP contribution is -2.34. The van der Waals surface area contributed by atoms with Crippen molar-refractivity contribution in [3.8, 4) is 0 Å². The average molecular weight is 1150 g/mol. The van der Waals surface area contributed by atoms with Gasteiger partial charge in [-0.15, -0.1) is 0 Å². The maximum Gasteiger partial charge on any atom is 0.261 e. The van der Waals surface area contributed by atoms with Gasteiger partial charge >= 0.3 is 0 Å². The Morgan fingerprint density at radius 2 is 0.345 bits per heavy atom. The van der Waals surface area contributed by atoms with E-state index in [1.54, 1.807) is 0 Å². The quantitative estimate of drug-likeness (QED) is 0.0774. The Kier molecular flexibility index (Phi) is 19.1. The molecule has 0 saturated carbocycles. The minimum atomic E-state index is -1.11. The molecule has 0 unspecified atom stereocenters. The number of amides is 6. The van der Waals surface area contributed by atoms with Gasteiger partial charge in [0, 0.05) is 114 Å². The topological polar surface area (TPSA) is 307 Å². The molecule has 0 fully saturated rings. The highest BCUT2D eigenvalue weighted by atomic mass is 16.2. The SMILES string of the molecule is CC(C)Cn1cc2c(=O)c(c1)C(=O)Nc1cn(CC(C)C)cc(c1=O)C(=O)Nc1cn(CC(C)C)cc(c1=O)C(=O)Nc1cn(CC(C)C)cc(c1=O)C(=O)Nc1cn(CC(C)C)cc(c1=O)C(=O)Nc1cn(CC(C)C)cc(c1=O)C(=O)N2. The molecule has 0 aromatic carbocycles. The van der Waals surface area contributed by atoms with Gasteiger partial charge in [-0.05, 0) is 35.5 Å². The molecule has 0 radical (unpaired) electrons. The molecule has 6 aromatic heterocycles. The van der Waals surface area contributed by atoms with E-state index < -0.39 is 136 Å². The molecule has 0 spiro atoms. The summed E-state index contributed by atoms with van der Waals surface area (Å²) in [5, 5.41) is 14.9. The van der Waals surface area contributed by atoms with Crippen LogP contribution in [0.2, 0.25) is 0 Å². The summed E-state index contributed by atoms with van der Waals surface area (Å²) in [4.78, 5) is 173. The second kappa shape index (κ2) is 25.8. The predicted octanol–water partition coefficient (Wildman–Crippen LogP) is 6.42. The lowest BCUT2D eigenvalue weighted by molar-refractivity contribution is 0.101. The minimum absolute atomic E-state index is 0.0825.